The Morgan fingerprint density at radius 3 is 2.83 bits per heavy atom. The van der Waals surface area contributed by atoms with E-state index >= 15 is 0 Å². The van der Waals surface area contributed by atoms with Crippen LogP contribution >= 0.6 is 11.6 Å². The third-order valence-corrected chi connectivity index (χ3v) is 1.75. The van der Waals surface area contributed by atoms with E-state index in [9.17, 15) is 0 Å². The van der Waals surface area contributed by atoms with Gasteiger partial charge in [0.1, 0.15) is 6.04 Å². The number of rotatable bonds is 2. The monoisotopic (exact) mass is 180 g/mol. The van der Waals surface area contributed by atoms with E-state index in [-0.39, 0.29) is 6.04 Å². The molecule has 3 N–H and O–H groups in total. The Labute approximate surface area is 76.7 Å². The van der Waals surface area contributed by atoms with Crippen LogP contribution in [0.3, 0.4) is 0 Å². The largest absolute Gasteiger partial charge is 0.270 e. The third-order valence-electron chi connectivity index (χ3n) is 1.52. The summed E-state index contributed by atoms with van der Waals surface area (Å²) in [5.74, 6) is 7.73. The molecule has 2 nitrogen and oxygen atoms in total. The molecule has 1 unspecified atom stereocenters. The van der Waals surface area contributed by atoms with Crippen LogP contribution in [0.2, 0.25) is 5.02 Å². The third kappa shape index (κ3) is 1.99. The van der Waals surface area contributed by atoms with Gasteiger partial charge >= 0.3 is 0 Å². The van der Waals surface area contributed by atoms with Crippen molar-refractivity contribution in [1.82, 2.24) is 5.43 Å². The van der Waals surface area contributed by atoms with Crippen LogP contribution in [0.15, 0.2) is 24.3 Å². The van der Waals surface area contributed by atoms with Gasteiger partial charge in [-0.25, -0.2) is 5.43 Å². The van der Waals surface area contributed by atoms with Crippen LogP contribution in [0.25, 0.3) is 0 Å². The van der Waals surface area contributed by atoms with E-state index in [1.165, 1.54) is 0 Å². The van der Waals surface area contributed by atoms with E-state index in [4.69, 9.17) is 23.9 Å². The first-order chi connectivity index (χ1) is 5.77. The first-order valence-electron chi connectivity index (χ1n) is 3.45. The molecule has 0 aliphatic heterocycles. The molecule has 0 aliphatic rings. The maximum absolute atomic E-state index is 5.77. The fourth-order valence-electron chi connectivity index (χ4n) is 0.927. The normalized spacial score (nSPS) is 12.1. The van der Waals surface area contributed by atoms with Crippen molar-refractivity contribution in [3.8, 4) is 12.3 Å². The SMILES string of the molecule is C#CC(NN)c1cccc(Cl)c1. The standard InChI is InChI=1S/C9H9ClN2/c1-2-9(12-11)7-4-3-5-8(10)6-7/h1,3-6,9,12H,11H2. The summed E-state index contributed by atoms with van der Waals surface area (Å²) in [5.41, 5.74) is 3.40. The zero-order valence-corrected chi connectivity index (χ0v) is 7.18. The van der Waals surface area contributed by atoms with Gasteiger partial charge in [0.25, 0.3) is 0 Å². The Morgan fingerprint density at radius 2 is 2.33 bits per heavy atom. The highest BCUT2D eigenvalue weighted by atomic mass is 35.5. The first-order valence-corrected chi connectivity index (χ1v) is 3.83. The predicted octanol–water partition coefficient (Wildman–Crippen LogP) is 1.48. The van der Waals surface area contributed by atoms with Gasteiger partial charge in [-0.2, -0.15) is 0 Å². The molecule has 0 bridgehead atoms. The number of hydrogen-bond acceptors (Lipinski definition) is 2. The van der Waals surface area contributed by atoms with Gasteiger partial charge in [-0.3, -0.25) is 5.84 Å². The van der Waals surface area contributed by atoms with E-state index < -0.39 is 0 Å². The maximum Gasteiger partial charge on any atom is 0.107 e. The lowest BCUT2D eigenvalue weighted by Gasteiger charge is -2.08. The molecule has 0 aliphatic carbocycles. The lowest BCUT2D eigenvalue weighted by atomic mass is 10.1. The summed E-state index contributed by atoms with van der Waals surface area (Å²) in [4.78, 5) is 0. The summed E-state index contributed by atoms with van der Waals surface area (Å²) in [6, 6.07) is 7.00. The number of benzene rings is 1. The highest BCUT2D eigenvalue weighted by molar-refractivity contribution is 6.30. The van der Waals surface area contributed by atoms with E-state index in [0.29, 0.717) is 5.02 Å². The second-order valence-electron chi connectivity index (χ2n) is 2.32. The van der Waals surface area contributed by atoms with Gasteiger partial charge in [0.2, 0.25) is 0 Å². The van der Waals surface area contributed by atoms with Crippen molar-refractivity contribution in [2.45, 2.75) is 6.04 Å². The van der Waals surface area contributed by atoms with Crippen LogP contribution < -0.4 is 11.3 Å². The molecule has 12 heavy (non-hydrogen) atoms. The molecule has 0 spiro atoms. The van der Waals surface area contributed by atoms with Gasteiger partial charge in [0, 0.05) is 5.02 Å². The molecule has 0 saturated carbocycles. The molecule has 0 aromatic heterocycles. The lowest BCUT2D eigenvalue weighted by Crippen LogP contribution is -2.26. The summed E-state index contributed by atoms with van der Waals surface area (Å²) in [6.45, 7) is 0. The Hall–Kier alpha value is -1.01. The van der Waals surface area contributed by atoms with Crippen LogP contribution in [0, 0.1) is 12.3 Å². The van der Waals surface area contributed by atoms with Crippen LogP contribution in [0.5, 0.6) is 0 Å². The number of hydrogen-bond donors (Lipinski definition) is 2. The zero-order chi connectivity index (χ0) is 8.97. The van der Waals surface area contributed by atoms with Crippen molar-refractivity contribution in [3.05, 3.63) is 34.9 Å². The predicted molar refractivity (Wildman–Crippen MR) is 50.3 cm³/mol. The van der Waals surface area contributed by atoms with Crippen molar-refractivity contribution in [2.75, 3.05) is 0 Å². The van der Waals surface area contributed by atoms with Gasteiger partial charge in [0.15, 0.2) is 0 Å². The molecule has 0 amide bonds. The number of terminal acetylenes is 1. The molecule has 0 heterocycles. The topological polar surface area (TPSA) is 38.0 Å². The summed E-state index contributed by atoms with van der Waals surface area (Å²) in [7, 11) is 0. The van der Waals surface area contributed by atoms with Crippen molar-refractivity contribution >= 4 is 11.6 Å². The van der Waals surface area contributed by atoms with Crippen LogP contribution in [0.1, 0.15) is 11.6 Å². The summed E-state index contributed by atoms with van der Waals surface area (Å²) >= 11 is 5.77. The molecule has 3 heteroatoms. The van der Waals surface area contributed by atoms with Crippen LogP contribution in [0.4, 0.5) is 0 Å². The molecule has 62 valence electrons. The Morgan fingerprint density at radius 1 is 1.58 bits per heavy atom. The van der Waals surface area contributed by atoms with E-state index in [1.54, 1.807) is 12.1 Å². The highest BCUT2D eigenvalue weighted by Crippen LogP contribution is 2.16. The van der Waals surface area contributed by atoms with Crippen molar-refractivity contribution < 1.29 is 0 Å². The molecule has 0 saturated heterocycles. The smallest absolute Gasteiger partial charge is 0.107 e. The number of nitrogens with one attached hydrogen (secondary N) is 1. The zero-order valence-electron chi connectivity index (χ0n) is 6.42. The van der Waals surface area contributed by atoms with Crippen molar-refractivity contribution in [3.63, 3.8) is 0 Å². The summed E-state index contributed by atoms with van der Waals surface area (Å²) < 4.78 is 0. The number of nitrogens with two attached hydrogens (primary N) is 1. The Bertz CT molecular complexity index is 304. The second-order valence-corrected chi connectivity index (χ2v) is 2.76. The van der Waals surface area contributed by atoms with E-state index in [0.717, 1.165) is 5.56 Å². The molecule has 0 fully saturated rings. The van der Waals surface area contributed by atoms with Crippen molar-refractivity contribution in [2.24, 2.45) is 5.84 Å². The number of halogens is 1. The second kappa shape index (κ2) is 4.13. The van der Waals surface area contributed by atoms with Gasteiger partial charge in [-0.15, -0.1) is 6.42 Å². The van der Waals surface area contributed by atoms with Gasteiger partial charge < -0.3 is 0 Å². The molecule has 1 aromatic rings. The van der Waals surface area contributed by atoms with Crippen LogP contribution in [-0.2, 0) is 0 Å². The minimum atomic E-state index is -0.274. The summed E-state index contributed by atoms with van der Waals surface area (Å²) in [6.07, 6.45) is 5.23. The van der Waals surface area contributed by atoms with E-state index in [1.807, 2.05) is 12.1 Å². The van der Waals surface area contributed by atoms with Gasteiger partial charge in [-0.05, 0) is 17.7 Å². The lowest BCUT2D eigenvalue weighted by molar-refractivity contribution is 0.674. The molecule has 0 radical (unpaired) electrons. The maximum atomic E-state index is 5.77. The van der Waals surface area contributed by atoms with Gasteiger partial charge in [-0.1, -0.05) is 29.7 Å². The average Bonchev–Trinajstić information content (AvgIpc) is 2.07. The van der Waals surface area contributed by atoms with E-state index in [2.05, 4.69) is 11.3 Å². The molecule has 1 rings (SSSR count). The average molecular weight is 181 g/mol. The fourth-order valence-corrected chi connectivity index (χ4v) is 1.13. The Balaban J connectivity index is 2.95. The number of hydrazine groups is 1. The molecule has 1 aromatic carbocycles. The fraction of sp³-hybridized carbons (Fsp3) is 0.111. The summed E-state index contributed by atoms with van der Waals surface area (Å²) in [5, 5.41) is 0.656. The molecular formula is C9H9ClN2. The first kappa shape index (κ1) is 9.08. The Kier molecular flexibility index (Phi) is 3.12. The van der Waals surface area contributed by atoms with Crippen LogP contribution in [-0.4, -0.2) is 0 Å². The minimum absolute atomic E-state index is 0.274. The minimum Gasteiger partial charge on any atom is -0.270 e. The highest BCUT2D eigenvalue weighted by Gasteiger charge is 2.04. The quantitative estimate of drug-likeness (QED) is 0.411. The molecular weight excluding hydrogens is 172 g/mol. The van der Waals surface area contributed by atoms with Gasteiger partial charge in [0.05, 0.1) is 0 Å². The molecule has 1 atom stereocenters. The van der Waals surface area contributed by atoms with Crippen molar-refractivity contribution in [1.29, 1.82) is 0 Å².